The topological polar surface area (TPSA) is 430 Å². The van der Waals surface area contributed by atoms with E-state index in [0.717, 1.165) is 24.7 Å². The molecule has 0 spiro atoms. The molecule has 2 aliphatic heterocycles. The lowest BCUT2D eigenvalue weighted by Crippen LogP contribution is -2.40. The van der Waals surface area contributed by atoms with Crippen molar-refractivity contribution in [1.29, 1.82) is 0 Å². The van der Waals surface area contributed by atoms with Gasteiger partial charge in [-0.1, -0.05) is 0 Å². The lowest BCUT2D eigenvalue weighted by molar-refractivity contribution is -0.0560. The van der Waals surface area contributed by atoms with Crippen LogP contribution in [0.25, 0.3) is 22.3 Å². The molecule has 9 atom stereocenters. The van der Waals surface area contributed by atoms with Crippen molar-refractivity contribution >= 4 is 69.3 Å². The summed E-state index contributed by atoms with van der Waals surface area (Å²) >= 11 is 0. The molecule has 0 aromatic carbocycles. The third kappa shape index (κ3) is 8.60. The van der Waals surface area contributed by atoms with Crippen molar-refractivity contribution in [1.82, 2.24) is 39.0 Å². The van der Waals surface area contributed by atoms with Gasteiger partial charge in [0.2, 0.25) is 11.9 Å². The summed E-state index contributed by atoms with van der Waals surface area (Å²) in [5.74, 6) is -0.457. The van der Waals surface area contributed by atoms with Gasteiger partial charge in [-0.05, 0) is 13.8 Å². The molecule has 0 saturated carbocycles. The molecule has 2 saturated heterocycles. The van der Waals surface area contributed by atoms with Crippen LogP contribution in [-0.4, -0.2) is 123 Å². The number of alkyl halides is 2. The van der Waals surface area contributed by atoms with Gasteiger partial charge in [-0.25, -0.2) is 32.4 Å². The number of halogens is 2. The van der Waals surface area contributed by atoms with Crippen molar-refractivity contribution in [2.75, 3.05) is 36.1 Å². The Morgan fingerprint density at radius 2 is 1.11 bits per heavy atom. The van der Waals surface area contributed by atoms with Gasteiger partial charge in [0.05, 0.1) is 25.9 Å². The number of phosphoric acid groups is 3. The zero-order chi connectivity index (χ0) is 40.3. The predicted molar refractivity (Wildman–Crippen MR) is 174 cm³/mol. The maximum absolute atomic E-state index is 15.2. The summed E-state index contributed by atoms with van der Waals surface area (Å²) in [5.41, 5.74) is 18.0. The number of hydrogen-bond donors (Lipinski definition) is 11. The van der Waals surface area contributed by atoms with Crippen LogP contribution in [0.2, 0.25) is 0 Å². The van der Waals surface area contributed by atoms with E-state index in [1.165, 1.54) is 10.9 Å². The molecule has 15 N–H and O–H groups in total. The van der Waals surface area contributed by atoms with Gasteiger partial charge >= 0.3 is 23.5 Å². The number of aromatic nitrogens is 8. The molecule has 27 nitrogen and oxygen atoms in total. The van der Waals surface area contributed by atoms with Crippen molar-refractivity contribution in [3.63, 3.8) is 0 Å². The fourth-order valence-electron chi connectivity index (χ4n) is 5.45. The van der Waals surface area contributed by atoms with E-state index in [2.05, 4.69) is 43.3 Å². The van der Waals surface area contributed by atoms with Crippen LogP contribution < -0.4 is 22.9 Å². The van der Waals surface area contributed by atoms with Gasteiger partial charge in [0.15, 0.2) is 46.7 Å². The number of hydrogen-bond acceptors (Lipinski definition) is 20. The molecular weight excluding hydrogens is 803 g/mol. The zero-order valence-corrected chi connectivity index (χ0v) is 30.1. The Balaban J connectivity index is 0.000000210. The fourth-order valence-corrected chi connectivity index (χ4v) is 7.39. The van der Waals surface area contributed by atoms with Crippen LogP contribution in [0, 0.1) is 0 Å². The third-order valence-corrected chi connectivity index (χ3v) is 10.5. The minimum Gasteiger partial charge on any atom is -0.387 e. The number of aliphatic hydroxyl groups is 2. The summed E-state index contributed by atoms with van der Waals surface area (Å²) in [6.45, 7) is 0.413. The summed E-state index contributed by atoms with van der Waals surface area (Å²) < 4.78 is 88.7. The second kappa shape index (κ2) is 14.5. The molecule has 3 unspecified atom stereocenters. The maximum atomic E-state index is 15.2. The summed E-state index contributed by atoms with van der Waals surface area (Å²) in [6.07, 6.45) is -7.09. The van der Waals surface area contributed by atoms with Gasteiger partial charge in [-0.3, -0.25) is 18.2 Å². The van der Waals surface area contributed by atoms with E-state index < -0.39 is 84.9 Å². The minimum absolute atomic E-state index is 0.00954. The minimum atomic E-state index is -5.34. The molecular formula is C22H33F2N12O15P3. The van der Waals surface area contributed by atoms with Crippen molar-refractivity contribution in [3.05, 3.63) is 12.7 Å². The first kappa shape index (κ1) is 41.5. The number of nitrogens with zero attached hydrogens (tertiary/aromatic N) is 8. The molecule has 2 aliphatic rings. The van der Waals surface area contributed by atoms with E-state index in [4.69, 9.17) is 52.0 Å². The van der Waals surface area contributed by atoms with E-state index in [1.54, 1.807) is 0 Å². The van der Waals surface area contributed by atoms with Crippen molar-refractivity contribution in [2.24, 2.45) is 0 Å². The molecule has 6 heterocycles. The maximum Gasteiger partial charge on any atom is 0.481 e. The SMILES string of the molecule is C[C@@]1(F)C(O)[C@@H](COP(=O)(O)O)O[C@H]1n1cnc2c(N)nc(N)nc21.C[C@@]1(F)C(O)[C@@H](COP(=O)(O)OP(=O)(O)O)O[C@H]1n1cnc2c(N)nc(N)nc21. The molecule has 54 heavy (non-hydrogen) atoms. The Hall–Kier alpha value is -3.63. The number of nitrogen functional groups attached to an aromatic ring is 4. The highest BCUT2D eigenvalue weighted by Gasteiger charge is 2.57. The van der Waals surface area contributed by atoms with Crippen LogP contribution in [-0.2, 0) is 36.5 Å². The number of ether oxygens (including phenoxy) is 2. The number of imidazole rings is 2. The third-order valence-electron chi connectivity index (χ3n) is 7.89. The second-order valence-corrected chi connectivity index (χ2v) is 16.0. The van der Waals surface area contributed by atoms with Gasteiger partial charge in [0, 0.05) is 0 Å². The second-order valence-electron chi connectivity index (χ2n) is 12.0. The smallest absolute Gasteiger partial charge is 0.387 e. The van der Waals surface area contributed by atoms with Gasteiger partial charge in [0.25, 0.3) is 0 Å². The highest BCUT2D eigenvalue weighted by molar-refractivity contribution is 7.60. The lowest BCUT2D eigenvalue weighted by atomic mass is 9.98. The number of anilines is 4. The van der Waals surface area contributed by atoms with Crippen LogP contribution in [0.4, 0.5) is 32.3 Å². The average molecular weight is 836 g/mol. The van der Waals surface area contributed by atoms with E-state index >= 15 is 8.78 Å². The molecule has 6 rings (SSSR count). The van der Waals surface area contributed by atoms with E-state index in [-0.39, 0.29) is 45.9 Å². The number of fused-ring (bicyclic) bond motifs is 2. The Bertz CT molecular complexity index is 2180. The van der Waals surface area contributed by atoms with Crippen molar-refractivity contribution in [2.45, 2.75) is 62.1 Å². The largest absolute Gasteiger partial charge is 0.481 e. The van der Waals surface area contributed by atoms with Gasteiger partial charge in [0.1, 0.15) is 35.4 Å². The molecule has 4 aromatic heterocycles. The lowest BCUT2D eigenvalue weighted by Gasteiger charge is -2.24. The highest BCUT2D eigenvalue weighted by Crippen LogP contribution is 2.58. The summed E-state index contributed by atoms with van der Waals surface area (Å²) in [4.78, 5) is 67.2. The van der Waals surface area contributed by atoms with Crippen molar-refractivity contribution < 1.29 is 80.0 Å². The standard InChI is InChI=1S/C11H17FN6O9P2.C11H16FN6O6P/c1-11(12)6(19)4(2-25-29(23,24)27-28(20,21)22)26-9(11)18-3-15-5-7(13)16-10(14)17-8(5)18;1-11(12)6(19)4(2-23-25(20,21)22)24-9(11)18-3-15-5-7(13)16-10(14)17-8(5)18/h3-4,6,9,19H,2H2,1H3,(H,23,24)(H2,20,21,22)(H4,13,14,16,17);3-4,6,9,19H,2H2,1H3,(H2,20,21,22)(H4,13,14,16,17)/t2*4-,6?,9-,11-/m11/s1. The molecule has 2 fully saturated rings. The average Bonchev–Trinajstić information content (AvgIpc) is 3.73. The first-order valence-electron chi connectivity index (χ1n) is 14.7. The molecule has 4 aromatic rings. The molecule has 0 aliphatic carbocycles. The summed E-state index contributed by atoms with van der Waals surface area (Å²) in [6, 6.07) is 0. The zero-order valence-electron chi connectivity index (χ0n) is 27.4. The molecule has 0 radical (unpaired) electrons. The van der Waals surface area contributed by atoms with Gasteiger partial charge in [-0.2, -0.15) is 24.2 Å². The van der Waals surface area contributed by atoms with E-state index in [9.17, 15) is 28.8 Å². The first-order chi connectivity index (χ1) is 24.7. The quantitative estimate of drug-likeness (QED) is 0.0792. The van der Waals surface area contributed by atoms with Crippen LogP contribution in [0.3, 0.4) is 0 Å². The Labute approximate surface area is 299 Å². The summed E-state index contributed by atoms with van der Waals surface area (Å²) in [7, 11) is -15.4. The fraction of sp³-hybridized carbons (Fsp3) is 0.545. The van der Waals surface area contributed by atoms with Crippen LogP contribution in [0.15, 0.2) is 12.7 Å². The van der Waals surface area contributed by atoms with Crippen LogP contribution in [0.1, 0.15) is 26.3 Å². The number of nitrogens with two attached hydrogens (primary N) is 4. The van der Waals surface area contributed by atoms with Crippen molar-refractivity contribution in [3.8, 4) is 0 Å². The van der Waals surface area contributed by atoms with Gasteiger partial charge in [-0.15, -0.1) is 0 Å². The molecule has 300 valence electrons. The number of aliphatic hydroxyl groups excluding tert-OH is 2. The normalized spacial score (nSPS) is 30.1. The van der Waals surface area contributed by atoms with E-state index in [1.807, 2.05) is 0 Å². The Kier molecular flexibility index (Phi) is 11.1. The van der Waals surface area contributed by atoms with Crippen LogP contribution >= 0.6 is 23.5 Å². The molecule has 0 amide bonds. The Morgan fingerprint density at radius 1 is 0.722 bits per heavy atom. The van der Waals surface area contributed by atoms with Gasteiger partial charge < -0.3 is 67.1 Å². The first-order valence-corrected chi connectivity index (χ1v) is 19.3. The predicted octanol–water partition coefficient (Wildman–Crippen LogP) is -1.71. The highest BCUT2D eigenvalue weighted by atomic mass is 31.3. The number of rotatable bonds is 10. The van der Waals surface area contributed by atoms with E-state index in [0.29, 0.717) is 0 Å². The summed E-state index contributed by atoms with van der Waals surface area (Å²) in [5, 5.41) is 20.4. The monoisotopic (exact) mass is 836 g/mol. The molecule has 0 bridgehead atoms. The van der Waals surface area contributed by atoms with Crippen LogP contribution in [0.5, 0.6) is 0 Å². The Morgan fingerprint density at radius 3 is 1.48 bits per heavy atom. The molecule has 32 heteroatoms. The number of phosphoric ester groups is 2.